The van der Waals surface area contributed by atoms with Gasteiger partial charge in [-0.3, -0.25) is 9.69 Å². The fourth-order valence-electron chi connectivity index (χ4n) is 3.63. The van der Waals surface area contributed by atoms with E-state index in [1.165, 1.54) is 25.9 Å². The van der Waals surface area contributed by atoms with E-state index in [9.17, 15) is 4.79 Å². The van der Waals surface area contributed by atoms with Crippen molar-refractivity contribution in [2.24, 2.45) is 5.92 Å². The predicted octanol–water partition coefficient (Wildman–Crippen LogP) is 3.65. The monoisotopic (exact) mass is 358 g/mol. The quantitative estimate of drug-likeness (QED) is 0.765. The van der Waals surface area contributed by atoms with Crippen LogP contribution in [0, 0.1) is 5.92 Å². The van der Waals surface area contributed by atoms with E-state index in [0.29, 0.717) is 0 Å². The number of anilines is 1. The zero-order valence-corrected chi connectivity index (χ0v) is 13.7. The lowest BCUT2D eigenvalue weighted by Crippen LogP contribution is -2.58. The lowest BCUT2D eigenvalue weighted by atomic mass is 9.78. The molecule has 1 amide bonds. The van der Waals surface area contributed by atoms with Crippen LogP contribution >= 0.6 is 39.0 Å². The minimum absolute atomic E-state index is 0.157. The molecule has 5 rings (SSSR count). The van der Waals surface area contributed by atoms with E-state index < -0.39 is 0 Å². The van der Waals surface area contributed by atoms with Gasteiger partial charge in [0.15, 0.2) is 0 Å². The summed E-state index contributed by atoms with van der Waals surface area (Å²) in [5.41, 5.74) is 0. The molecule has 0 unspecified atom stereocenters. The Morgan fingerprint density at radius 2 is 2.05 bits per heavy atom. The highest BCUT2D eigenvalue weighted by Gasteiger charge is 2.54. The molecule has 4 saturated heterocycles. The molecule has 1 spiro atoms. The molecule has 0 saturated carbocycles. The van der Waals surface area contributed by atoms with Crippen molar-refractivity contribution >= 4 is 49.3 Å². The summed E-state index contributed by atoms with van der Waals surface area (Å²) in [6.07, 6.45) is 2.53. The first-order valence-electron chi connectivity index (χ1n) is 6.64. The van der Waals surface area contributed by atoms with Gasteiger partial charge >= 0.3 is 0 Å². The molecule has 1 aromatic rings. The van der Waals surface area contributed by atoms with Crippen LogP contribution in [0.15, 0.2) is 15.9 Å². The van der Waals surface area contributed by atoms with Gasteiger partial charge in [-0.1, -0.05) is 11.8 Å². The number of nitrogens with zero attached hydrogens (tertiary/aromatic N) is 2. The number of hydrogen-bond acceptors (Lipinski definition) is 4. The Morgan fingerprint density at radius 3 is 2.63 bits per heavy atom. The first kappa shape index (κ1) is 12.7. The summed E-state index contributed by atoms with van der Waals surface area (Å²) in [5, 5.41) is 1.32. The minimum atomic E-state index is 0.157. The molecule has 4 aliphatic heterocycles. The third-order valence-corrected chi connectivity index (χ3v) is 7.62. The number of hydrogen-bond donors (Lipinski definition) is 0. The number of piperidine rings is 3. The lowest BCUT2D eigenvalue weighted by Gasteiger charge is -2.50. The summed E-state index contributed by atoms with van der Waals surface area (Å²) in [6.45, 7) is 4.44. The van der Waals surface area contributed by atoms with E-state index in [0.717, 1.165) is 27.8 Å². The molecule has 1 aromatic heterocycles. The van der Waals surface area contributed by atoms with Crippen molar-refractivity contribution in [2.45, 2.75) is 17.6 Å². The number of thiophene rings is 1. The number of fused-ring (bicyclic) bond motifs is 2. The number of thioether (sulfide) groups is 1. The SMILES string of the molecule is O=C1S[C@]2(CN3CCC2CC3)CN1c1ccc(Br)s1. The van der Waals surface area contributed by atoms with E-state index in [-0.39, 0.29) is 9.99 Å². The van der Waals surface area contributed by atoms with Crippen molar-refractivity contribution in [3.05, 3.63) is 15.9 Å². The topological polar surface area (TPSA) is 23.6 Å². The number of carbonyl (C=O) groups excluding carboxylic acids is 1. The maximum absolute atomic E-state index is 12.4. The van der Waals surface area contributed by atoms with E-state index in [4.69, 9.17) is 0 Å². The van der Waals surface area contributed by atoms with E-state index in [1.54, 1.807) is 23.1 Å². The summed E-state index contributed by atoms with van der Waals surface area (Å²) >= 11 is 6.74. The molecular weight excluding hydrogens is 344 g/mol. The van der Waals surface area contributed by atoms with Gasteiger partial charge in [-0.05, 0) is 59.9 Å². The van der Waals surface area contributed by atoms with Gasteiger partial charge in [-0.25, -0.2) is 0 Å². The third kappa shape index (κ3) is 1.99. The first-order chi connectivity index (χ1) is 9.16. The average molecular weight is 359 g/mol. The highest BCUT2D eigenvalue weighted by atomic mass is 79.9. The minimum Gasteiger partial charge on any atom is -0.302 e. The van der Waals surface area contributed by atoms with Gasteiger partial charge in [-0.15, -0.1) is 11.3 Å². The largest absolute Gasteiger partial charge is 0.302 e. The maximum Gasteiger partial charge on any atom is 0.287 e. The van der Waals surface area contributed by atoms with Crippen LogP contribution in [-0.4, -0.2) is 41.1 Å². The Bertz CT molecular complexity index is 526. The molecule has 1 atom stereocenters. The zero-order valence-electron chi connectivity index (χ0n) is 10.5. The standard InChI is InChI=1S/C13H15BrN2OS2/c14-10-1-2-11(18-10)16-8-13(19-12(16)17)7-15-5-3-9(13)4-6-15/h1-2,9H,3-8H2/t13-/m1/s1. The summed E-state index contributed by atoms with van der Waals surface area (Å²) in [4.78, 5) is 16.9. The Hall–Kier alpha value is -0.0400. The van der Waals surface area contributed by atoms with Crippen molar-refractivity contribution < 1.29 is 4.79 Å². The summed E-state index contributed by atoms with van der Waals surface area (Å²) in [7, 11) is 0. The van der Waals surface area contributed by atoms with Crippen molar-refractivity contribution in [1.82, 2.24) is 4.90 Å². The second-order valence-corrected chi connectivity index (χ2v) is 9.45. The highest BCUT2D eigenvalue weighted by Crippen LogP contribution is 2.51. The molecule has 0 aliphatic carbocycles. The lowest BCUT2D eigenvalue weighted by molar-refractivity contribution is 0.0771. The molecule has 3 nitrogen and oxygen atoms in total. The molecule has 0 aromatic carbocycles. The van der Waals surface area contributed by atoms with Crippen LogP contribution in [0.2, 0.25) is 0 Å². The molecule has 0 N–H and O–H groups in total. The smallest absolute Gasteiger partial charge is 0.287 e. The van der Waals surface area contributed by atoms with Crippen molar-refractivity contribution in [3.8, 4) is 0 Å². The number of amides is 1. The van der Waals surface area contributed by atoms with Crippen LogP contribution in [0.4, 0.5) is 9.80 Å². The van der Waals surface area contributed by atoms with Gasteiger partial charge in [0, 0.05) is 13.1 Å². The normalized spacial score (nSPS) is 37.5. The second-order valence-electron chi connectivity index (χ2n) is 5.65. The zero-order chi connectivity index (χ0) is 13.0. The fraction of sp³-hybridized carbons (Fsp3) is 0.615. The molecule has 19 heavy (non-hydrogen) atoms. The Kier molecular flexibility index (Phi) is 2.99. The van der Waals surface area contributed by atoms with Crippen molar-refractivity contribution in [3.63, 3.8) is 0 Å². The van der Waals surface area contributed by atoms with Crippen LogP contribution in [0.3, 0.4) is 0 Å². The average Bonchev–Trinajstić information content (AvgIpc) is 2.95. The summed E-state index contributed by atoms with van der Waals surface area (Å²) < 4.78 is 1.25. The second kappa shape index (κ2) is 4.48. The summed E-state index contributed by atoms with van der Waals surface area (Å²) in [6, 6.07) is 4.08. The molecule has 6 heteroatoms. The summed E-state index contributed by atoms with van der Waals surface area (Å²) in [5.74, 6) is 0.722. The van der Waals surface area contributed by atoms with Crippen LogP contribution in [-0.2, 0) is 0 Å². The number of halogens is 1. The maximum atomic E-state index is 12.4. The Morgan fingerprint density at radius 1 is 1.26 bits per heavy atom. The van der Waals surface area contributed by atoms with E-state index >= 15 is 0 Å². The van der Waals surface area contributed by atoms with Gasteiger partial charge < -0.3 is 4.90 Å². The first-order valence-corrected chi connectivity index (χ1v) is 9.07. The predicted molar refractivity (Wildman–Crippen MR) is 84.2 cm³/mol. The molecule has 4 fully saturated rings. The van der Waals surface area contributed by atoms with Crippen molar-refractivity contribution in [1.29, 1.82) is 0 Å². The van der Waals surface area contributed by atoms with Gasteiger partial charge in [0.1, 0.15) is 0 Å². The van der Waals surface area contributed by atoms with Crippen LogP contribution in [0.5, 0.6) is 0 Å². The van der Waals surface area contributed by atoms with Crippen LogP contribution in [0.25, 0.3) is 0 Å². The van der Waals surface area contributed by atoms with Gasteiger partial charge in [0.05, 0.1) is 13.5 Å². The molecule has 5 heterocycles. The molecule has 102 valence electrons. The van der Waals surface area contributed by atoms with Gasteiger partial charge in [0.2, 0.25) is 0 Å². The molecular formula is C13H15BrN2OS2. The van der Waals surface area contributed by atoms with Crippen molar-refractivity contribution in [2.75, 3.05) is 31.1 Å². The number of rotatable bonds is 1. The van der Waals surface area contributed by atoms with Crippen LogP contribution < -0.4 is 4.90 Å². The van der Waals surface area contributed by atoms with E-state index in [1.807, 2.05) is 17.0 Å². The van der Waals surface area contributed by atoms with Crippen LogP contribution in [0.1, 0.15) is 12.8 Å². The fourth-order valence-corrected chi connectivity index (χ4v) is 6.51. The number of carbonyl (C=O) groups is 1. The molecule has 2 bridgehead atoms. The Balaban J connectivity index is 1.63. The molecule has 0 radical (unpaired) electrons. The third-order valence-electron chi connectivity index (χ3n) is 4.58. The van der Waals surface area contributed by atoms with Gasteiger partial charge in [0.25, 0.3) is 5.24 Å². The van der Waals surface area contributed by atoms with E-state index in [2.05, 4.69) is 20.8 Å². The van der Waals surface area contributed by atoms with Gasteiger partial charge in [-0.2, -0.15) is 0 Å². The highest BCUT2D eigenvalue weighted by molar-refractivity contribution is 9.11. The molecule has 4 aliphatic rings. The Labute approximate surface area is 129 Å².